The largest absolute Gasteiger partial charge is 0.474 e. The molecule has 1 aromatic rings. The molecule has 0 radical (unpaired) electrons. The highest BCUT2D eigenvalue weighted by molar-refractivity contribution is 7.80. The number of halogens is 2. The number of hydrogen-bond acceptors (Lipinski definition) is 3. The van der Waals surface area contributed by atoms with Crippen LogP contribution >= 0.6 is 35.4 Å². The van der Waals surface area contributed by atoms with Gasteiger partial charge in [0.25, 0.3) is 11.1 Å². The van der Waals surface area contributed by atoms with Gasteiger partial charge in [0.15, 0.2) is 0 Å². The minimum Gasteiger partial charge on any atom is -0.474 e. The summed E-state index contributed by atoms with van der Waals surface area (Å²) >= 11 is 16.1. The molecule has 0 unspecified atom stereocenters. The summed E-state index contributed by atoms with van der Waals surface area (Å²) in [6, 6.07) is 4.54. The minimum absolute atomic E-state index is 0.00562. The first-order chi connectivity index (χ1) is 7.04. The molecule has 1 aromatic carbocycles. The third-order valence-corrected chi connectivity index (χ3v) is 2.59. The number of thiocarbonyl (C=S) groups is 1. The molecule has 0 saturated heterocycles. The SMILES string of the molecule is COC(=S)NC(=O)c1ccc(Cl)c(Cl)c1. The van der Waals surface area contributed by atoms with Gasteiger partial charge >= 0.3 is 0 Å². The average Bonchev–Trinajstić information content (AvgIpc) is 2.21. The lowest BCUT2D eigenvalue weighted by atomic mass is 10.2. The van der Waals surface area contributed by atoms with Crippen molar-refractivity contribution in [3.8, 4) is 0 Å². The molecule has 0 spiro atoms. The second-order valence-corrected chi connectivity index (χ2v) is 3.76. The summed E-state index contributed by atoms with van der Waals surface area (Å²) in [7, 11) is 1.37. The quantitative estimate of drug-likeness (QED) is 0.792. The smallest absolute Gasteiger partial charge is 0.263 e. The zero-order valence-electron chi connectivity index (χ0n) is 7.71. The Morgan fingerprint density at radius 3 is 2.60 bits per heavy atom. The fraction of sp³-hybridized carbons (Fsp3) is 0.111. The third kappa shape index (κ3) is 3.34. The van der Waals surface area contributed by atoms with Crippen molar-refractivity contribution >= 4 is 46.5 Å². The molecule has 1 amide bonds. The van der Waals surface area contributed by atoms with Crippen molar-refractivity contribution in [3.05, 3.63) is 33.8 Å². The number of ether oxygens (including phenoxy) is 1. The highest BCUT2D eigenvalue weighted by atomic mass is 35.5. The number of amides is 1. The molecule has 3 nitrogen and oxygen atoms in total. The van der Waals surface area contributed by atoms with Crippen LogP contribution in [-0.2, 0) is 4.74 Å². The fourth-order valence-electron chi connectivity index (χ4n) is 0.853. The standard InChI is InChI=1S/C9H7Cl2NO2S/c1-14-9(15)12-8(13)5-2-3-6(10)7(11)4-5/h2-4H,1H3,(H,12,13,15). The van der Waals surface area contributed by atoms with E-state index in [1.54, 1.807) is 6.07 Å². The first-order valence-electron chi connectivity index (χ1n) is 3.89. The Kier molecular flexibility index (Phi) is 4.32. The Labute approximate surface area is 102 Å². The summed E-state index contributed by atoms with van der Waals surface area (Å²) in [6.07, 6.45) is 0. The van der Waals surface area contributed by atoms with Crippen LogP contribution in [0.25, 0.3) is 0 Å². The van der Waals surface area contributed by atoms with E-state index in [0.29, 0.717) is 15.6 Å². The molecule has 15 heavy (non-hydrogen) atoms. The van der Waals surface area contributed by atoms with Crippen LogP contribution in [0.15, 0.2) is 18.2 Å². The van der Waals surface area contributed by atoms with E-state index in [4.69, 9.17) is 23.2 Å². The minimum atomic E-state index is -0.389. The van der Waals surface area contributed by atoms with E-state index >= 15 is 0 Å². The molecule has 0 atom stereocenters. The lowest BCUT2D eigenvalue weighted by molar-refractivity contribution is 0.0970. The van der Waals surface area contributed by atoms with Gasteiger partial charge in [-0.3, -0.25) is 10.1 Å². The van der Waals surface area contributed by atoms with Gasteiger partial charge in [-0.2, -0.15) is 0 Å². The summed E-state index contributed by atoms with van der Waals surface area (Å²) in [5, 5.41) is 3.07. The molecule has 0 saturated carbocycles. The van der Waals surface area contributed by atoms with Gasteiger partial charge in [0.1, 0.15) is 0 Å². The Hall–Kier alpha value is -0.840. The maximum Gasteiger partial charge on any atom is 0.263 e. The van der Waals surface area contributed by atoms with Crippen molar-refractivity contribution in [3.63, 3.8) is 0 Å². The van der Waals surface area contributed by atoms with Crippen molar-refractivity contribution in [2.24, 2.45) is 0 Å². The summed E-state index contributed by atoms with van der Waals surface area (Å²) in [4.78, 5) is 11.5. The Morgan fingerprint density at radius 2 is 2.07 bits per heavy atom. The number of methoxy groups -OCH3 is 1. The van der Waals surface area contributed by atoms with Crippen LogP contribution in [-0.4, -0.2) is 18.2 Å². The van der Waals surface area contributed by atoms with Crippen LogP contribution in [0.2, 0.25) is 10.0 Å². The van der Waals surface area contributed by atoms with Crippen molar-refractivity contribution in [2.75, 3.05) is 7.11 Å². The van der Waals surface area contributed by atoms with Gasteiger partial charge in [0.2, 0.25) is 0 Å². The molecule has 0 fully saturated rings. The summed E-state index contributed by atoms with van der Waals surface area (Å²) in [5.74, 6) is -0.389. The predicted molar refractivity (Wildman–Crippen MR) is 63.5 cm³/mol. The average molecular weight is 264 g/mol. The lowest BCUT2D eigenvalue weighted by Gasteiger charge is -2.05. The Bertz CT molecular complexity index is 409. The van der Waals surface area contributed by atoms with E-state index in [1.807, 2.05) is 0 Å². The van der Waals surface area contributed by atoms with Crippen molar-refractivity contribution in [1.82, 2.24) is 5.32 Å². The second-order valence-electron chi connectivity index (χ2n) is 2.57. The normalized spacial score (nSPS) is 9.53. The van der Waals surface area contributed by atoms with Crippen LogP contribution in [0.1, 0.15) is 10.4 Å². The number of rotatable bonds is 1. The molecule has 6 heteroatoms. The van der Waals surface area contributed by atoms with E-state index in [9.17, 15) is 4.79 Å². The van der Waals surface area contributed by atoms with E-state index in [0.717, 1.165) is 0 Å². The van der Waals surface area contributed by atoms with Gasteiger partial charge in [-0.1, -0.05) is 23.2 Å². The number of carbonyl (C=O) groups is 1. The fourth-order valence-corrected chi connectivity index (χ4v) is 1.24. The molecule has 0 heterocycles. The van der Waals surface area contributed by atoms with E-state index in [2.05, 4.69) is 22.3 Å². The molecule has 1 N–H and O–H groups in total. The van der Waals surface area contributed by atoms with Gasteiger partial charge in [0, 0.05) is 5.56 Å². The molecule has 80 valence electrons. The number of carbonyl (C=O) groups excluding carboxylic acids is 1. The topological polar surface area (TPSA) is 38.3 Å². The van der Waals surface area contributed by atoms with Crippen LogP contribution in [0, 0.1) is 0 Å². The van der Waals surface area contributed by atoms with Gasteiger partial charge in [-0.05, 0) is 30.4 Å². The van der Waals surface area contributed by atoms with Crippen LogP contribution in [0.5, 0.6) is 0 Å². The van der Waals surface area contributed by atoms with Gasteiger partial charge in [0.05, 0.1) is 17.2 Å². The maximum atomic E-state index is 11.5. The van der Waals surface area contributed by atoms with Gasteiger partial charge in [-0.25, -0.2) is 0 Å². The summed E-state index contributed by atoms with van der Waals surface area (Å²) in [6.45, 7) is 0. The van der Waals surface area contributed by atoms with Crippen LogP contribution in [0.3, 0.4) is 0 Å². The highest BCUT2D eigenvalue weighted by Gasteiger charge is 2.09. The first kappa shape index (κ1) is 12.2. The number of nitrogens with one attached hydrogen (secondary N) is 1. The van der Waals surface area contributed by atoms with Crippen LogP contribution < -0.4 is 5.32 Å². The molecule has 0 aliphatic heterocycles. The molecule has 0 aliphatic carbocycles. The number of benzene rings is 1. The zero-order chi connectivity index (χ0) is 11.4. The zero-order valence-corrected chi connectivity index (χ0v) is 10.0. The van der Waals surface area contributed by atoms with Crippen molar-refractivity contribution in [2.45, 2.75) is 0 Å². The van der Waals surface area contributed by atoms with E-state index in [1.165, 1.54) is 19.2 Å². The van der Waals surface area contributed by atoms with Gasteiger partial charge < -0.3 is 4.74 Å². The Balaban J connectivity index is 2.83. The second kappa shape index (κ2) is 5.30. The monoisotopic (exact) mass is 263 g/mol. The third-order valence-electron chi connectivity index (χ3n) is 1.58. The molecular formula is C9H7Cl2NO2S. The van der Waals surface area contributed by atoms with Crippen molar-refractivity contribution < 1.29 is 9.53 Å². The first-order valence-corrected chi connectivity index (χ1v) is 5.05. The summed E-state index contributed by atoms with van der Waals surface area (Å²) < 4.78 is 4.64. The highest BCUT2D eigenvalue weighted by Crippen LogP contribution is 2.22. The molecule has 0 aliphatic rings. The van der Waals surface area contributed by atoms with E-state index < -0.39 is 0 Å². The molecule has 0 aromatic heterocycles. The van der Waals surface area contributed by atoms with Gasteiger partial charge in [-0.15, -0.1) is 0 Å². The maximum absolute atomic E-state index is 11.5. The van der Waals surface area contributed by atoms with Crippen molar-refractivity contribution in [1.29, 1.82) is 0 Å². The lowest BCUT2D eigenvalue weighted by Crippen LogP contribution is -2.29. The Morgan fingerprint density at radius 1 is 1.40 bits per heavy atom. The molecule has 0 bridgehead atoms. The summed E-state index contributed by atoms with van der Waals surface area (Å²) in [5.41, 5.74) is 0.365. The number of hydrogen-bond donors (Lipinski definition) is 1. The van der Waals surface area contributed by atoms with Crippen LogP contribution in [0.4, 0.5) is 0 Å². The predicted octanol–water partition coefficient (Wildman–Crippen LogP) is 2.65. The molecule has 1 rings (SSSR count). The van der Waals surface area contributed by atoms with E-state index in [-0.39, 0.29) is 11.1 Å². The molecular weight excluding hydrogens is 257 g/mol.